The van der Waals surface area contributed by atoms with Gasteiger partial charge in [-0.15, -0.1) is 0 Å². The van der Waals surface area contributed by atoms with Gasteiger partial charge in [0.2, 0.25) is 0 Å². The highest BCUT2D eigenvalue weighted by atomic mass is 16.5. The maximum Gasteiger partial charge on any atom is 0.0800 e. The molecule has 0 spiro atoms. The summed E-state index contributed by atoms with van der Waals surface area (Å²) in [4.78, 5) is 4.54. The van der Waals surface area contributed by atoms with Gasteiger partial charge >= 0.3 is 0 Å². The van der Waals surface area contributed by atoms with Crippen LogP contribution in [0.15, 0.2) is 28.8 Å². The fourth-order valence-electron chi connectivity index (χ4n) is 2.84. The summed E-state index contributed by atoms with van der Waals surface area (Å²) >= 11 is 0. The van der Waals surface area contributed by atoms with Crippen molar-refractivity contribution in [3.05, 3.63) is 40.5 Å². The molecule has 1 aromatic rings. The highest BCUT2D eigenvalue weighted by molar-refractivity contribution is 6.25. The maximum atomic E-state index is 5.92. The molecule has 0 saturated heterocycles. The van der Waals surface area contributed by atoms with Gasteiger partial charge in [0.25, 0.3) is 0 Å². The van der Waals surface area contributed by atoms with Crippen LogP contribution in [-0.2, 0) is 4.74 Å². The van der Waals surface area contributed by atoms with Crippen molar-refractivity contribution in [2.24, 2.45) is 4.99 Å². The lowest BCUT2D eigenvalue weighted by molar-refractivity contribution is 0.0178. The molecule has 2 nitrogen and oxygen atoms in total. The number of allylic oxidation sites excluding steroid dienone is 1. The average molecular weight is 271 g/mol. The van der Waals surface area contributed by atoms with Crippen LogP contribution >= 0.6 is 0 Å². The quantitative estimate of drug-likeness (QED) is 0.776. The van der Waals surface area contributed by atoms with Crippen LogP contribution in [0.5, 0.6) is 0 Å². The molecule has 0 saturated carbocycles. The van der Waals surface area contributed by atoms with Gasteiger partial charge in [-0.3, -0.25) is 4.99 Å². The molecule has 1 aliphatic heterocycles. The fraction of sp³-hybridized carbons (Fsp3) is 0.500. The van der Waals surface area contributed by atoms with E-state index in [4.69, 9.17) is 4.74 Å². The van der Waals surface area contributed by atoms with E-state index in [1.807, 2.05) is 0 Å². The topological polar surface area (TPSA) is 21.6 Å². The molecule has 1 heterocycles. The molecule has 0 amide bonds. The van der Waals surface area contributed by atoms with E-state index < -0.39 is 0 Å². The van der Waals surface area contributed by atoms with Crippen LogP contribution < -0.4 is 0 Å². The Kier molecular flexibility index (Phi) is 4.44. The van der Waals surface area contributed by atoms with E-state index in [2.05, 4.69) is 64.7 Å². The SMILES string of the molecule is CC1=NCC(C)=C1c1cc(C)cc(C(C)OC(C)C)c1. The molecule has 2 heteroatoms. The molecule has 1 unspecified atom stereocenters. The first-order chi connectivity index (χ1) is 9.38. The number of nitrogens with zero attached hydrogens (tertiary/aromatic N) is 1. The molecule has 1 aliphatic rings. The number of aliphatic imine (C=N–C) groups is 1. The Morgan fingerprint density at radius 2 is 1.75 bits per heavy atom. The van der Waals surface area contributed by atoms with Crippen molar-refractivity contribution < 1.29 is 4.74 Å². The predicted octanol–water partition coefficient (Wildman–Crippen LogP) is 4.73. The van der Waals surface area contributed by atoms with Crippen LogP contribution in [0.25, 0.3) is 5.57 Å². The maximum absolute atomic E-state index is 5.92. The molecule has 2 rings (SSSR count). The largest absolute Gasteiger partial charge is 0.371 e. The monoisotopic (exact) mass is 271 g/mol. The second-order valence-electron chi connectivity index (χ2n) is 6.02. The van der Waals surface area contributed by atoms with Gasteiger partial charge in [0.05, 0.1) is 18.8 Å². The van der Waals surface area contributed by atoms with Crippen LogP contribution in [0.1, 0.15) is 57.4 Å². The van der Waals surface area contributed by atoms with Crippen molar-refractivity contribution in [2.75, 3.05) is 6.54 Å². The first-order valence-electron chi connectivity index (χ1n) is 7.37. The van der Waals surface area contributed by atoms with Crippen molar-refractivity contribution in [1.29, 1.82) is 0 Å². The molecule has 1 aromatic carbocycles. The molecule has 108 valence electrons. The van der Waals surface area contributed by atoms with Crippen LogP contribution in [0.2, 0.25) is 0 Å². The predicted molar refractivity (Wildman–Crippen MR) is 86.4 cm³/mol. The molecule has 0 fully saturated rings. The Morgan fingerprint density at radius 3 is 2.30 bits per heavy atom. The number of hydrogen-bond acceptors (Lipinski definition) is 2. The first-order valence-corrected chi connectivity index (χ1v) is 7.37. The molecular formula is C18H25NO. The molecule has 1 atom stereocenters. The van der Waals surface area contributed by atoms with E-state index in [0.717, 1.165) is 12.3 Å². The number of benzene rings is 1. The summed E-state index contributed by atoms with van der Waals surface area (Å²) < 4.78 is 5.92. The molecule has 20 heavy (non-hydrogen) atoms. The molecule has 0 aromatic heterocycles. The Hall–Kier alpha value is -1.41. The lowest BCUT2D eigenvalue weighted by Gasteiger charge is -2.18. The third-order valence-electron chi connectivity index (χ3n) is 3.68. The van der Waals surface area contributed by atoms with Gasteiger partial charge in [-0.25, -0.2) is 0 Å². The molecule has 0 aliphatic carbocycles. The van der Waals surface area contributed by atoms with Crippen molar-refractivity contribution in [2.45, 2.75) is 53.8 Å². The van der Waals surface area contributed by atoms with Gasteiger partial charge in [0.15, 0.2) is 0 Å². The van der Waals surface area contributed by atoms with Crippen molar-refractivity contribution in [3.63, 3.8) is 0 Å². The Balaban J connectivity index is 2.39. The van der Waals surface area contributed by atoms with Gasteiger partial charge < -0.3 is 4.74 Å². The van der Waals surface area contributed by atoms with E-state index in [0.29, 0.717) is 0 Å². The number of hydrogen-bond donors (Lipinski definition) is 0. The highest BCUT2D eigenvalue weighted by Gasteiger charge is 2.17. The summed E-state index contributed by atoms with van der Waals surface area (Å²) in [7, 11) is 0. The summed E-state index contributed by atoms with van der Waals surface area (Å²) in [6, 6.07) is 6.71. The smallest absolute Gasteiger partial charge is 0.0800 e. The zero-order chi connectivity index (χ0) is 14.9. The van der Waals surface area contributed by atoms with Gasteiger partial charge in [-0.2, -0.15) is 0 Å². The van der Waals surface area contributed by atoms with Crippen LogP contribution in [-0.4, -0.2) is 18.4 Å². The van der Waals surface area contributed by atoms with Gasteiger partial charge in [0.1, 0.15) is 0 Å². The zero-order valence-corrected chi connectivity index (χ0v) is 13.4. The summed E-state index contributed by atoms with van der Waals surface area (Å²) in [6.07, 6.45) is 0.359. The minimum Gasteiger partial charge on any atom is -0.371 e. The zero-order valence-electron chi connectivity index (χ0n) is 13.4. The highest BCUT2D eigenvalue weighted by Crippen LogP contribution is 2.29. The van der Waals surface area contributed by atoms with Gasteiger partial charge in [-0.05, 0) is 64.3 Å². The number of rotatable bonds is 4. The molecule has 0 N–H and O–H groups in total. The van der Waals surface area contributed by atoms with Crippen LogP contribution in [0.4, 0.5) is 0 Å². The fourth-order valence-corrected chi connectivity index (χ4v) is 2.84. The number of aryl methyl sites for hydroxylation is 1. The molecule has 0 radical (unpaired) electrons. The second-order valence-corrected chi connectivity index (χ2v) is 6.02. The van der Waals surface area contributed by atoms with E-state index >= 15 is 0 Å². The summed E-state index contributed by atoms with van der Waals surface area (Å²) in [5.74, 6) is 0. The third kappa shape index (κ3) is 3.18. The van der Waals surface area contributed by atoms with Gasteiger partial charge in [0, 0.05) is 11.3 Å². The third-order valence-corrected chi connectivity index (χ3v) is 3.68. The molecular weight excluding hydrogens is 246 g/mol. The van der Waals surface area contributed by atoms with Crippen molar-refractivity contribution in [3.8, 4) is 0 Å². The molecule has 0 bridgehead atoms. The summed E-state index contributed by atoms with van der Waals surface area (Å²) in [5.41, 5.74) is 7.61. The average Bonchev–Trinajstić information content (AvgIpc) is 2.67. The van der Waals surface area contributed by atoms with E-state index in [1.54, 1.807) is 0 Å². The van der Waals surface area contributed by atoms with Crippen molar-refractivity contribution in [1.82, 2.24) is 0 Å². The normalized spacial score (nSPS) is 16.9. The number of ether oxygens (including phenoxy) is 1. The van der Waals surface area contributed by atoms with Crippen LogP contribution in [0, 0.1) is 6.92 Å². The Labute approximate surface area is 122 Å². The van der Waals surface area contributed by atoms with E-state index in [1.165, 1.54) is 27.8 Å². The van der Waals surface area contributed by atoms with Crippen molar-refractivity contribution >= 4 is 11.3 Å². The standard InChI is InChI=1S/C18H25NO/c1-11(2)20-15(6)16-7-12(3)8-17(9-16)18-13(4)10-19-14(18)5/h7-9,11,15H,10H2,1-6H3. The Morgan fingerprint density at radius 1 is 1.05 bits per heavy atom. The van der Waals surface area contributed by atoms with Gasteiger partial charge in [-0.1, -0.05) is 17.7 Å². The van der Waals surface area contributed by atoms with E-state index in [-0.39, 0.29) is 12.2 Å². The minimum atomic E-state index is 0.119. The Bertz CT molecular complexity index is 567. The first kappa shape index (κ1) is 15.0. The second kappa shape index (κ2) is 5.92. The minimum absolute atomic E-state index is 0.119. The lowest BCUT2D eigenvalue weighted by Crippen LogP contribution is -2.08. The van der Waals surface area contributed by atoms with Crippen LogP contribution in [0.3, 0.4) is 0 Å². The lowest BCUT2D eigenvalue weighted by atomic mass is 9.94. The summed E-state index contributed by atoms with van der Waals surface area (Å²) in [5, 5.41) is 0. The van der Waals surface area contributed by atoms with E-state index in [9.17, 15) is 0 Å². The summed E-state index contributed by atoms with van der Waals surface area (Å²) in [6.45, 7) is 13.5.